The Morgan fingerprint density at radius 2 is 1.10 bits per heavy atom. The molecule has 0 saturated carbocycles. The molecule has 2 aliphatic heterocycles. The van der Waals surface area contributed by atoms with Gasteiger partial charge in [-0.1, -0.05) is 11.1 Å². The summed E-state index contributed by atoms with van der Waals surface area (Å²) >= 11 is 0. The second kappa shape index (κ2) is 4.07. The largest absolute Gasteiger partial charge is 0.422 e. The first-order chi connectivity index (χ1) is 9.40. The van der Waals surface area contributed by atoms with Crippen LogP contribution in [-0.4, -0.2) is 11.9 Å². The highest BCUT2D eigenvalue weighted by atomic mass is 16.5. The van der Waals surface area contributed by atoms with Crippen molar-refractivity contribution in [1.82, 2.24) is 0 Å². The average molecular weight is 270 g/mol. The van der Waals surface area contributed by atoms with Crippen LogP contribution >= 0.6 is 0 Å². The first-order valence-corrected chi connectivity index (χ1v) is 6.38. The Hall–Kier alpha value is -2.36. The van der Waals surface area contributed by atoms with Gasteiger partial charge in [0, 0.05) is 11.1 Å². The highest BCUT2D eigenvalue weighted by Crippen LogP contribution is 2.45. The second-order valence-electron chi connectivity index (χ2n) is 5.37. The third-order valence-electron chi connectivity index (χ3n) is 3.43. The SMILES string of the molecule is CC(C)=C1C(=O)Oc2cc3c(cc21)OC(=O)C3=C(C)C. The summed E-state index contributed by atoms with van der Waals surface area (Å²) in [6, 6.07) is 3.43. The molecule has 3 rings (SSSR count). The van der Waals surface area contributed by atoms with Crippen LogP contribution in [0.2, 0.25) is 0 Å². The van der Waals surface area contributed by atoms with Crippen molar-refractivity contribution in [3.05, 3.63) is 34.4 Å². The van der Waals surface area contributed by atoms with E-state index in [9.17, 15) is 9.59 Å². The Kier molecular flexibility index (Phi) is 2.57. The number of ether oxygens (including phenoxy) is 2. The number of rotatable bonds is 0. The summed E-state index contributed by atoms with van der Waals surface area (Å²) in [6.45, 7) is 7.41. The lowest BCUT2D eigenvalue weighted by Gasteiger charge is -2.02. The van der Waals surface area contributed by atoms with Crippen LogP contribution in [0.5, 0.6) is 11.5 Å². The molecule has 20 heavy (non-hydrogen) atoms. The molecule has 0 amide bonds. The zero-order chi connectivity index (χ0) is 14.6. The van der Waals surface area contributed by atoms with Crippen molar-refractivity contribution in [2.24, 2.45) is 0 Å². The molecule has 0 saturated heterocycles. The minimum atomic E-state index is -0.353. The van der Waals surface area contributed by atoms with E-state index in [1.807, 2.05) is 27.7 Å². The molecule has 2 aliphatic rings. The lowest BCUT2D eigenvalue weighted by atomic mass is 9.97. The van der Waals surface area contributed by atoms with Crippen LogP contribution in [0.25, 0.3) is 11.1 Å². The van der Waals surface area contributed by atoms with Gasteiger partial charge in [0.1, 0.15) is 11.5 Å². The van der Waals surface area contributed by atoms with Crippen molar-refractivity contribution < 1.29 is 19.1 Å². The molecule has 0 fully saturated rings. The summed E-state index contributed by atoms with van der Waals surface area (Å²) in [4.78, 5) is 23.8. The molecule has 4 nitrogen and oxygen atoms in total. The standard InChI is InChI=1S/C16H14O4/c1-7(2)13-9-5-12-10(6-11(9)19-15(13)17)14(8(3)4)16(18)20-12/h5-6H,1-4H3. The number of carbonyl (C=O) groups excluding carboxylic acids is 2. The maximum atomic E-state index is 11.9. The topological polar surface area (TPSA) is 52.6 Å². The third-order valence-corrected chi connectivity index (χ3v) is 3.43. The molecule has 0 spiro atoms. The zero-order valence-corrected chi connectivity index (χ0v) is 11.8. The molecular formula is C16H14O4. The van der Waals surface area contributed by atoms with Gasteiger partial charge in [0.05, 0.1) is 11.1 Å². The quantitative estimate of drug-likeness (QED) is 0.413. The van der Waals surface area contributed by atoms with Crippen LogP contribution in [0, 0.1) is 0 Å². The van der Waals surface area contributed by atoms with Crippen LogP contribution in [-0.2, 0) is 9.59 Å². The van der Waals surface area contributed by atoms with E-state index in [2.05, 4.69) is 0 Å². The van der Waals surface area contributed by atoms with E-state index >= 15 is 0 Å². The molecule has 0 radical (unpaired) electrons. The molecule has 0 N–H and O–H groups in total. The molecule has 1 aromatic rings. The minimum Gasteiger partial charge on any atom is -0.422 e. The number of benzene rings is 1. The number of hydrogen-bond acceptors (Lipinski definition) is 4. The van der Waals surface area contributed by atoms with E-state index in [4.69, 9.17) is 9.47 Å². The summed E-state index contributed by atoms with van der Waals surface area (Å²) in [5.74, 6) is 0.270. The Labute approximate surface area is 116 Å². The first kappa shape index (κ1) is 12.7. The molecule has 0 unspecified atom stereocenters. The first-order valence-electron chi connectivity index (χ1n) is 6.38. The van der Waals surface area contributed by atoms with Gasteiger partial charge in [0.2, 0.25) is 0 Å². The van der Waals surface area contributed by atoms with Crippen molar-refractivity contribution in [3.63, 3.8) is 0 Å². The van der Waals surface area contributed by atoms with Gasteiger partial charge in [0.25, 0.3) is 0 Å². The van der Waals surface area contributed by atoms with E-state index in [0.29, 0.717) is 33.8 Å². The van der Waals surface area contributed by atoms with Gasteiger partial charge in [0.15, 0.2) is 0 Å². The van der Waals surface area contributed by atoms with E-state index in [1.54, 1.807) is 12.1 Å². The summed E-state index contributed by atoms with van der Waals surface area (Å²) < 4.78 is 10.6. The Balaban J connectivity index is 2.26. The number of fused-ring (bicyclic) bond motifs is 2. The van der Waals surface area contributed by atoms with E-state index in [0.717, 1.165) is 11.1 Å². The van der Waals surface area contributed by atoms with Gasteiger partial charge >= 0.3 is 11.9 Å². The molecular weight excluding hydrogens is 256 g/mol. The van der Waals surface area contributed by atoms with Gasteiger partial charge in [-0.15, -0.1) is 0 Å². The van der Waals surface area contributed by atoms with Crippen molar-refractivity contribution in [3.8, 4) is 11.5 Å². The fourth-order valence-corrected chi connectivity index (χ4v) is 2.59. The van der Waals surface area contributed by atoms with Gasteiger partial charge in [-0.05, 0) is 39.8 Å². The van der Waals surface area contributed by atoms with Gasteiger partial charge in [-0.3, -0.25) is 0 Å². The monoisotopic (exact) mass is 270 g/mol. The summed E-state index contributed by atoms with van der Waals surface area (Å²) in [7, 11) is 0. The predicted molar refractivity (Wildman–Crippen MR) is 74.2 cm³/mol. The van der Waals surface area contributed by atoms with Crippen LogP contribution < -0.4 is 9.47 Å². The smallest absolute Gasteiger partial charge is 0.344 e. The van der Waals surface area contributed by atoms with Crippen molar-refractivity contribution in [2.45, 2.75) is 27.7 Å². The summed E-state index contributed by atoms with van der Waals surface area (Å²) in [6.07, 6.45) is 0. The minimum absolute atomic E-state index is 0.353. The fraction of sp³-hybridized carbons (Fsp3) is 0.250. The summed E-state index contributed by atoms with van der Waals surface area (Å²) in [5, 5.41) is 0. The molecule has 0 atom stereocenters. The van der Waals surface area contributed by atoms with Crippen molar-refractivity contribution in [1.29, 1.82) is 0 Å². The maximum absolute atomic E-state index is 11.9. The van der Waals surface area contributed by atoms with Gasteiger partial charge < -0.3 is 9.47 Å². The van der Waals surface area contributed by atoms with Crippen LogP contribution in [0.15, 0.2) is 23.3 Å². The van der Waals surface area contributed by atoms with Crippen LogP contribution in [0.4, 0.5) is 0 Å². The summed E-state index contributed by atoms with van der Waals surface area (Å²) in [5.41, 5.74) is 4.23. The Morgan fingerprint density at radius 3 is 1.40 bits per heavy atom. The number of carbonyl (C=O) groups is 2. The highest BCUT2D eigenvalue weighted by molar-refractivity contribution is 6.25. The van der Waals surface area contributed by atoms with Crippen molar-refractivity contribution in [2.75, 3.05) is 0 Å². The lowest BCUT2D eigenvalue weighted by Crippen LogP contribution is -2.03. The number of allylic oxidation sites excluding steroid dienone is 2. The van der Waals surface area contributed by atoms with Gasteiger partial charge in [-0.2, -0.15) is 0 Å². The lowest BCUT2D eigenvalue weighted by molar-refractivity contribution is -0.127. The maximum Gasteiger partial charge on any atom is 0.344 e. The highest BCUT2D eigenvalue weighted by Gasteiger charge is 2.35. The van der Waals surface area contributed by atoms with E-state index in [-0.39, 0.29) is 11.9 Å². The van der Waals surface area contributed by atoms with Crippen LogP contribution in [0.3, 0.4) is 0 Å². The van der Waals surface area contributed by atoms with Gasteiger partial charge in [-0.25, -0.2) is 9.59 Å². The molecule has 0 aromatic heterocycles. The number of esters is 2. The molecule has 4 heteroatoms. The normalized spacial score (nSPS) is 15.8. The Morgan fingerprint density at radius 1 is 0.750 bits per heavy atom. The molecule has 0 bridgehead atoms. The molecule has 102 valence electrons. The zero-order valence-electron chi connectivity index (χ0n) is 11.8. The van der Waals surface area contributed by atoms with E-state index in [1.165, 1.54) is 0 Å². The Bertz CT molecular complexity index is 663. The average Bonchev–Trinajstić information content (AvgIpc) is 2.79. The molecule has 1 aromatic carbocycles. The van der Waals surface area contributed by atoms with Crippen LogP contribution in [0.1, 0.15) is 38.8 Å². The third kappa shape index (κ3) is 1.61. The molecule has 2 heterocycles. The predicted octanol–water partition coefficient (Wildman–Crippen LogP) is 3.11. The second-order valence-corrected chi connectivity index (χ2v) is 5.37. The fourth-order valence-electron chi connectivity index (χ4n) is 2.59. The molecule has 0 aliphatic carbocycles. The number of hydrogen-bond donors (Lipinski definition) is 0. The van der Waals surface area contributed by atoms with E-state index < -0.39 is 0 Å². The van der Waals surface area contributed by atoms with Crippen molar-refractivity contribution >= 4 is 23.1 Å².